The third-order valence-corrected chi connectivity index (χ3v) is 6.45. The average Bonchev–Trinajstić information content (AvgIpc) is 3.25. The number of aryl methyl sites for hydroxylation is 1. The molecular formula is C26H36N6O2S. The summed E-state index contributed by atoms with van der Waals surface area (Å²) in [5.74, 6) is 0.666. The number of aliphatic hydroxyl groups excluding tert-OH is 1. The van der Waals surface area contributed by atoms with Gasteiger partial charge in [0.2, 0.25) is 0 Å². The van der Waals surface area contributed by atoms with Crippen LogP contribution in [0.5, 0.6) is 0 Å². The molecule has 0 radical (unpaired) electrons. The van der Waals surface area contributed by atoms with E-state index in [1.807, 2.05) is 30.8 Å². The molecule has 188 valence electrons. The number of aromatic amines is 1. The Bertz CT molecular complexity index is 970. The van der Waals surface area contributed by atoms with Crippen molar-refractivity contribution in [1.82, 2.24) is 15.3 Å². The van der Waals surface area contributed by atoms with E-state index in [9.17, 15) is 9.90 Å². The number of unbranched alkanes of at least 4 members (excludes halogenated alkanes) is 1. The van der Waals surface area contributed by atoms with Crippen molar-refractivity contribution >= 4 is 30.0 Å². The number of H-pyrrole nitrogens is 1. The Kier molecular flexibility index (Phi) is 12.6. The molecule has 1 amide bonds. The number of aliphatic imine (C=N–C) groups is 1. The number of hydrogen-bond donors (Lipinski definition) is 4. The van der Waals surface area contributed by atoms with E-state index >= 15 is 0 Å². The Hall–Kier alpha value is -3.17. The second-order valence-electron chi connectivity index (χ2n) is 7.98. The van der Waals surface area contributed by atoms with Crippen LogP contribution in [0.15, 0.2) is 71.6 Å². The smallest absolute Gasteiger partial charge is 0.253 e. The van der Waals surface area contributed by atoms with E-state index < -0.39 is 6.23 Å². The maximum absolute atomic E-state index is 12.8. The van der Waals surface area contributed by atoms with E-state index in [4.69, 9.17) is 5.53 Å². The van der Waals surface area contributed by atoms with Crippen molar-refractivity contribution in [2.45, 2.75) is 44.1 Å². The quantitative estimate of drug-likeness (QED) is 0.130. The molecule has 2 rings (SSSR count). The lowest BCUT2D eigenvalue weighted by Gasteiger charge is -2.12. The number of carbonyl (C=O) groups excluding carboxylic acids is 1. The van der Waals surface area contributed by atoms with Crippen LogP contribution in [0.3, 0.4) is 0 Å². The minimum Gasteiger partial charge on any atom is -0.368 e. The highest BCUT2D eigenvalue weighted by atomic mass is 32.2. The summed E-state index contributed by atoms with van der Waals surface area (Å²) < 4.78 is 0. The second-order valence-corrected chi connectivity index (χ2v) is 9.25. The van der Waals surface area contributed by atoms with Crippen LogP contribution in [0, 0.1) is 12.5 Å². The summed E-state index contributed by atoms with van der Waals surface area (Å²) in [6.45, 7) is 9.84. The van der Waals surface area contributed by atoms with Crippen molar-refractivity contribution in [2.75, 3.05) is 18.8 Å². The predicted octanol–water partition coefficient (Wildman–Crippen LogP) is 5.19. The number of nitrogens with zero attached hydrogens (tertiary/aromatic N) is 3. The van der Waals surface area contributed by atoms with Gasteiger partial charge in [-0.3, -0.25) is 14.8 Å². The molecule has 4 N–H and O–H groups in total. The SMILES string of the molecule is C=CCCC=CCSC1C=CC(=Cc2[nH]c(C)cc2C(=O)NCCN(C=C)N=N)C(O)N=CCC1. The molecule has 0 spiro atoms. The Morgan fingerprint density at radius 1 is 1.43 bits per heavy atom. The van der Waals surface area contributed by atoms with Crippen molar-refractivity contribution < 1.29 is 9.90 Å². The fourth-order valence-corrected chi connectivity index (χ4v) is 4.37. The molecule has 0 aliphatic carbocycles. The number of aromatic nitrogens is 1. The third kappa shape index (κ3) is 9.92. The first kappa shape index (κ1) is 28.1. The number of nitrogens with one attached hydrogen (secondary N) is 3. The highest BCUT2D eigenvalue weighted by molar-refractivity contribution is 8.00. The summed E-state index contributed by atoms with van der Waals surface area (Å²) in [7, 11) is 0. The van der Waals surface area contributed by atoms with Gasteiger partial charge in [0.05, 0.1) is 17.8 Å². The molecule has 0 saturated heterocycles. The van der Waals surface area contributed by atoms with Gasteiger partial charge >= 0.3 is 0 Å². The standard InChI is InChI=1S/C26H36N6O2S/c1-4-6-7-8-9-17-35-22-11-10-14-28-25(33)21(12-13-22)19-24-23(18-20(3)30-24)26(34)29-15-16-32(5-2)31-27/h4-5,8-9,12-14,18-19,22,25,27,30,33H,1-2,6-7,10-11,15-17H2,3H3,(H,29,34). The first-order valence-electron chi connectivity index (χ1n) is 11.7. The van der Waals surface area contributed by atoms with Crippen LogP contribution in [0.4, 0.5) is 0 Å². The summed E-state index contributed by atoms with van der Waals surface area (Å²) in [5.41, 5.74) is 9.57. The molecular weight excluding hydrogens is 460 g/mol. The van der Waals surface area contributed by atoms with Crippen LogP contribution >= 0.6 is 11.8 Å². The Labute approximate surface area is 212 Å². The van der Waals surface area contributed by atoms with Gasteiger partial charge in [-0.2, -0.15) is 17.3 Å². The topological polar surface area (TPSA) is 117 Å². The van der Waals surface area contributed by atoms with Crippen LogP contribution in [0.1, 0.15) is 47.4 Å². The van der Waals surface area contributed by atoms with Crippen LogP contribution in [0.2, 0.25) is 0 Å². The Morgan fingerprint density at radius 2 is 2.26 bits per heavy atom. The van der Waals surface area contributed by atoms with Gasteiger partial charge in [0.25, 0.3) is 5.91 Å². The van der Waals surface area contributed by atoms with E-state index in [0.29, 0.717) is 35.2 Å². The van der Waals surface area contributed by atoms with Crippen LogP contribution in [-0.4, -0.2) is 57.5 Å². The van der Waals surface area contributed by atoms with Gasteiger partial charge in [-0.25, -0.2) is 0 Å². The number of aliphatic hydroxyl groups is 1. The van der Waals surface area contributed by atoms with Gasteiger partial charge in [-0.05, 0) is 44.7 Å². The molecule has 35 heavy (non-hydrogen) atoms. The van der Waals surface area contributed by atoms with Crippen molar-refractivity contribution in [3.63, 3.8) is 0 Å². The minimum atomic E-state index is -1.01. The molecule has 2 heterocycles. The second kappa shape index (κ2) is 15.7. The molecule has 1 aromatic heterocycles. The number of amides is 1. The molecule has 9 heteroatoms. The molecule has 0 aromatic carbocycles. The number of allylic oxidation sites excluding steroid dienone is 2. The number of thioether (sulfide) groups is 1. The first-order chi connectivity index (χ1) is 17.0. The lowest BCUT2D eigenvalue weighted by atomic mass is 10.1. The summed E-state index contributed by atoms with van der Waals surface area (Å²) >= 11 is 1.85. The minimum absolute atomic E-state index is 0.253. The lowest BCUT2D eigenvalue weighted by Crippen LogP contribution is -2.30. The van der Waals surface area contributed by atoms with E-state index in [2.05, 4.69) is 51.9 Å². The van der Waals surface area contributed by atoms with Gasteiger partial charge < -0.3 is 15.4 Å². The fourth-order valence-electron chi connectivity index (χ4n) is 3.38. The van der Waals surface area contributed by atoms with Gasteiger partial charge in [0, 0.05) is 41.2 Å². The summed E-state index contributed by atoms with van der Waals surface area (Å²) in [5, 5.41) is 18.4. The molecule has 0 saturated carbocycles. The van der Waals surface area contributed by atoms with Crippen molar-refractivity contribution in [3.8, 4) is 0 Å². The maximum atomic E-state index is 12.8. The number of hydrogen-bond acceptors (Lipinski definition) is 6. The van der Waals surface area contributed by atoms with Gasteiger partial charge in [-0.1, -0.05) is 42.2 Å². The Balaban J connectivity index is 2.14. The third-order valence-electron chi connectivity index (χ3n) is 5.24. The van der Waals surface area contributed by atoms with Crippen molar-refractivity contribution in [1.29, 1.82) is 5.53 Å². The molecule has 0 bridgehead atoms. The Morgan fingerprint density at radius 3 is 3.00 bits per heavy atom. The van der Waals surface area contributed by atoms with Gasteiger partial charge in [-0.15, -0.1) is 6.58 Å². The molecule has 0 fully saturated rings. The zero-order chi connectivity index (χ0) is 25.5. The first-order valence-corrected chi connectivity index (χ1v) is 12.7. The summed E-state index contributed by atoms with van der Waals surface area (Å²) in [6.07, 6.45) is 18.0. The highest BCUT2D eigenvalue weighted by Gasteiger charge is 2.16. The molecule has 2 unspecified atom stereocenters. The zero-order valence-electron chi connectivity index (χ0n) is 20.3. The normalized spacial score (nSPS) is 19.2. The molecule has 2 atom stereocenters. The van der Waals surface area contributed by atoms with Gasteiger partial charge in [0.1, 0.15) is 0 Å². The van der Waals surface area contributed by atoms with Crippen molar-refractivity contribution in [3.05, 3.63) is 78.3 Å². The van der Waals surface area contributed by atoms with E-state index in [-0.39, 0.29) is 5.91 Å². The average molecular weight is 497 g/mol. The lowest BCUT2D eigenvalue weighted by molar-refractivity contribution is 0.0950. The molecule has 1 aliphatic heterocycles. The molecule has 1 aliphatic rings. The maximum Gasteiger partial charge on any atom is 0.253 e. The number of carbonyl (C=O) groups is 1. The largest absolute Gasteiger partial charge is 0.368 e. The zero-order valence-corrected chi connectivity index (χ0v) is 21.1. The van der Waals surface area contributed by atoms with E-state index in [0.717, 1.165) is 37.1 Å². The van der Waals surface area contributed by atoms with E-state index in [1.54, 1.807) is 18.4 Å². The van der Waals surface area contributed by atoms with Crippen LogP contribution in [0.25, 0.3) is 6.08 Å². The molecule has 1 aromatic rings. The van der Waals surface area contributed by atoms with Gasteiger partial charge in [0.15, 0.2) is 6.23 Å². The predicted molar refractivity (Wildman–Crippen MR) is 146 cm³/mol. The number of rotatable bonds is 13. The summed E-state index contributed by atoms with van der Waals surface area (Å²) in [6, 6.07) is 1.77. The highest BCUT2D eigenvalue weighted by Crippen LogP contribution is 2.23. The van der Waals surface area contributed by atoms with Crippen molar-refractivity contribution in [2.24, 2.45) is 10.2 Å². The van der Waals surface area contributed by atoms with Crippen LogP contribution in [-0.2, 0) is 0 Å². The van der Waals surface area contributed by atoms with E-state index in [1.165, 1.54) is 11.2 Å². The molecule has 8 nitrogen and oxygen atoms in total. The fraction of sp³-hybridized carbons (Fsp3) is 0.385. The summed E-state index contributed by atoms with van der Waals surface area (Å²) in [4.78, 5) is 20.3. The van der Waals surface area contributed by atoms with Crippen LogP contribution < -0.4 is 5.32 Å². The monoisotopic (exact) mass is 496 g/mol.